The lowest BCUT2D eigenvalue weighted by atomic mass is 10.1. The summed E-state index contributed by atoms with van der Waals surface area (Å²) < 4.78 is 40.7. The number of aryl methyl sites for hydroxylation is 1. The number of H-pyrrole nitrogens is 1. The van der Waals surface area contributed by atoms with Crippen LogP contribution < -0.4 is 4.72 Å². The first-order valence-electron chi connectivity index (χ1n) is 7.15. The van der Waals surface area contributed by atoms with Crippen LogP contribution in [0.25, 0.3) is 11.0 Å². The Hall–Kier alpha value is -2.25. The molecule has 0 amide bonds. The summed E-state index contributed by atoms with van der Waals surface area (Å²) in [6.45, 7) is 1.93. The molecule has 0 atom stereocenters. The standard InChI is InChI=1S/C16H16FN3O2S/c1-11-19-15-7-6-13(10-16(15)20-11)23(21,22)18-9-8-12-4-2-3-5-14(12)17/h2-7,10,18H,8-9H2,1H3,(H,19,20). The van der Waals surface area contributed by atoms with E-state index < -0.39 is 10.0 Å². The lowest BCUT2D eigenvalue weighted by molar-refractivity contribution is 0.577. The number of hydrogen-bond donors (Lipinski definition) is 2. The summed E-state index contributed by atoms with van der Waals surface area (Å²) in [6.07, 6.45) is 0.289. The van der Waals surface area contributed by atoms with Crippen molar-refractivity contribution in [2.75, 3.05) is 6.54 Å². The van der Waals surface area contributed by atoms with Crippen molar-refractivity contribution in [2.24, 2.45) is 0 Å². The molecule has 1 heterocycles. The van der Waals surface area contributed by atoms with Gasteiger partial charge in [-0.2, -0.15) is 0 Å². The number of aromatic amines is 1. The Balaban J connectivity index is 1.74. The molecule has 3 rings (SSSR count). The number of halogens is 1. The number of hydrogen-bond acceptors (Lipinski definition) is 3. The fourth-order valence-electron chi connectivity index (χ4n) is 2.39. The van der Waals surface area contributed by atoms with Gasteiger partial charge in [0.15, 0.2) is 0 Å². The number of imidazole rings is 1. The number of nitrogens with one attached hydrogen (secondary N) is 2. The summed E-state index contributed by atoms with van der Waals surface area (Å²) >= 11 is 0. The molecular weight excluding hydrogens is 317 g/mol. The Bertz CT molecular complexity index is 951. The number of benzene rings is 2. The van der Waals surface area contributed by atoms with Crippen LogP contribution in [0.5, 0.6) is 0 Å². The molecule has 0 saturated heterocycles. The molecule has 0 bridgehead atoms. The van der Waals surface area contributed by atoms with Gasteiger partial charge in [-0.25, -0.2) is 22.5 Å². The summed E-state index contributed by atoms with van der Waals surface area (Å²) in [5.41, 5.74) is 1.86. The molecule has 0 aliphatic rings. The van der Waals surface area contributed by atoms with Gasteiger partial charge in [0.1, 0.15) is 11.6 Å². The molecule has 0 spiro atoms. The summed E-state index contributed by atoms with van der Waals surface area (Å²) in [5, 5.41) is 0. The quantitative estimate of drug-likeness (QED) is 0.753. The average Bonchev–Trinajstić information content (AvgIpc) is 2.88. The summed E-state index contributed by atoms with van der Waals surface area (Å²) in [5.74, 6) is 0.392. The first kappa shape index (κ1) is 15.6. The molecule has 3 aromatic rings. The number of fused-ring (bicyclic) bond motifs is 1. The summed E-state index contributed by atoms with van der Waals surface area (Å²) in [6, 6.07) is 11.0. The molecule has 0 radical (unpaired) electrons. The third-order valence-corrected chi connectivity index (χ3v) is 4.99. The maximum atomic E-state index is 13.5. The minimum absolute atomic E-state index is 0.128. The zero-order valence-corrected chi connectivity index (χ0v) is 13.3. The Morgan fingerprint density at radius 2 is 2.00 bits per heavy atom. The van der Waals surface area contributed by atoms with Gasteiger partial charge in [0.25, 0.3) is 0 Å². The number of nitrogens with zero attached hydrogens (tertiary/aromatic N) is 1. The van der Waals surface area contributed by atoms with Gasteiger partial charge in [0, 0.05) is 6.54 Å². The maximum absolute atomic E-state index is 13.5. The molecule has 23 heavy (non-hydrogen) atoms. The van der Waals surface area contributed by atoms with Gasteiger partial charge in [0.05, 0.1) is 15.9 Å². The highest BCUT2D eigenvalue weighted by atomic mass is 32.2. The third kappa shape index (κ3) is 3.40. The molecule has 0 saturated carbocycles. The lowest BCUT2D eigenvalue weighted by Gasteiger charge is -2.07. The van der Waals surface area contributed by atoms with Crippen molar-refractivity contribution in [3.63, 3.8) is 0 Å². The van der Waals surface area contributed by atoms with Crippen LogP contribution in [0.1, 0.15) is 11.4 Å². The van der Waals surface area contributed by atoms with Crippen LogP contribution >= 0.6 is 0 Å². The fourth-order valence-corrected chi connectivity index (χ4v) is 3.45. The van der Waals surface area contributed by atoms with E-state index in [9.17, 15) is 12.8 Å². The zero-order chi connectivity index (χ0) is 16.4. The predicted molar refractivity (Wildman–Crippen MR) is 86.1 cm³/mol. The molecule has 0 fully saturated rings. The van der Waals surface area contributed by atoms with E-state index in [0.29, 0.717) is 16.6 Å². The van der Waals surface area contributed by atoms with Crippen LogP contribution in [0.2, 0.25) is 0 Å². The van der Waals surface area contributed by atoms with Gasteiger partial charge >= 0.3 is 0 Å². The minimum Gasteiger partial charge on any atom is -0.342 e. The fraction of sp³-hybridized carbons (Fsp3) is 0.188. The van der Waals surface area contributed by atoms with Crippen molar-refractivity contribution in [1.29, 1.82) is 0 Å². The van der Waals surface area contributed by atoms with Crippen molar-refractivity contribution in [1.82, 2.24) is 14.7 Å². The van der Waals surface area contributed by atoms with E-state index in [0.717, 1.165) is 5.82 Å². The smallest absolute Gasteiger partial charge is 0.240 e. The van der Waals surface area contributed by atoms with Crippen LogP contribution in [0.3, 0.4) is 0 Å². The highest BCUT2D eigenvalue weighted by molar-refractivity contribution is 7.89. The van der Waals surface area contributed by atoms with Crippen molar-refractivity contribution in [3.05, 3.63) is 59.7 Å². The van der Waals surface area contributed by atoms with Crippen LogP contribution in [-0.4, -0.2) is 24.9 Å². The Morgan fingerprint density at radius 3 is 2.78 bits per heavy atom. The van der Waals surface area contributed by atoms with Crippen LogP contribution in [0.15, 0.2) is 47.4 Å². The van der Waals surface area contributed by atoms with E-state index >= 15 is 0 Å². The number of sulfonamides is 1. The van der Waals surface area contributed by atoms with Crippen molar-refractivity contribution in [2.45, 2.75) is 18.2 Å². The van der Waals surface area contributed by atoms with Crippen LogP contribution in [0.4, 0.5) is 4.39 Å². The number of aromatic nitrogens is 2. The first-order valence-corrected chi connectivity index (χ1v) is 8.63. The molecular formula is C16H16FN3O2S. The molecule has 0 aliphatic heterocycles. The molecule has 2 aromatic carbocycles. The number of rotatable bonds is 5. The van der Waals surface area contributed by atoms with E-state index in [1.165, 1.54) is 12.1 Å². The van der Waals surface area contributed by atoms with E-state index in [1.807, 2.05) is 0 Å². The third-order valence-electron chi connectivity index (χ3n) is 3.53. The summed E-state index contributed by atoms with van der Waals surface area (Å²) in [7, 11) is -3.65. The molecule has 120 valence electrons. The van der Waals surface area contributed by atoms with Gasteiger partial charge in [-0.15, -0.1) is 0 Å². The zero-order valence-electron chi connectivity index (χ0n) is 12.5. The van der Waals surface area contributed by atoms with Gasteiger partial charge in [-0.3, -0.25) is 0 Å². The maximum Gasteiger partial charge on any atom is 0.240 e. The second-order valence-electron chi connectivity index (χ2n) is 5.24. The Labute approximate surface area is 133 Å². The Kier molecular flexibility index (Phi) is 4.14. The van der Waals surface area contributed by atoms with Gasteiger partial charge in [-0.05, 0) is 43.2 Å². The average molecular weight is 333 g/mol. The first-order chi connectivity index (χ1) is 11.0. The van der Waals surface area contributed by atoms with Crippen molar-refractivity contribution < 1.29 is 12.8 Å². The van der Waals surface area contributed by atoms with Gasteiger partial charge in [-0.1, -0.05) is 18.2 Å². The monoisotopic (exact) mass is 333 g/mol. The topological polar surface area (TPSA) is 74.8 Å². The van der Waals surface area contributed by atoms with E-state index in [1.54, 1.807) is 37.3 Å². The normalized spacial score (nSPS) is 11.9. The second-order valence-corrected chi connectivity index (χ2v) is 7.01. The van der Waals surface area contributed by atoms with Crippen LogP contribution in [0, 0.1) is 12.7 Å². The van der Waals surface area contributed by atoms with Crippen molar-refractivity contribution >= 4 is 21.1 Å². The second kappa shape index (κ2) is 6.10. The van der Waals surface area contributed by atoms with Gasteiger partial charge in [0.2, 0.25) is 10.0 Å². The molecule has 1 aromatic heterocycles. The van der Waals surface area contributed by atoms with Crippen LogP contribution in [-0.2, 0) is 16.4 Å². The lowest BCUT2D eigenvalue weighted by Crippen LogP contribution is -2.26. The minimum atomic E-state index is -3.65. The van der Waals surface area contributed by atoms with Gasteiger partial charge < -0.3 is 4.98 Å². The SMILES string of the molecule is Cc1nc2ccc(S(=O)(=O)NCCc3ccccc3F)cc2[nH]1. The molecule has 0 unspecified atom stereocenters. The molecule has 0 aliphatic carbocycles. The van der Waals surface area contributed by atoms with E-state index in [-0.39, 0.29) is 23.7 Å². The molecule has 5 nitrogen and oxygen atoms in total. The highest BCUT2D eigenvalue weighted by Crippen LogP contribution is 2.17. The summed E-state index contributed by atoms with van der Waals surface area (Å²) in [4.78, 5) is 7.40. The van der Waals surface area contributed by atoms with E-state index in [2.05, 4.69) is 14.7 Å². The molecule has 2 N–H and O–H groups in total. The highest BCUT2D eigenvalue weighted by Gasteiger charge is 2.15. The molecule has 7 heteroatoms. The largest absolute Gasteiger partial charge is 0.342 e. The Morgan fingerprint density at radius 1 is 1.22 bits per heavy atom. The predicted octanol–water partition coefficient (Wildman–Crippen LogP) is 2.53. The van der Waals surface area contributed by atoms with E-state index in [4.69, 9.17) is 0 Å². The van der Waals surface area contributed by atoms with Crippen molar-refractivity contribution in [3.8, 4) is 0 Å².